The second kappa shape index (κ2) is 7.09. The van der Waals surface area contributed by atoms with E-state index in [1.54, 1.807) is 0 Å². The fourth-order valence-electron chi connectivity index (χ4n) is 3.20. The predicted octanol–water partition coefficient (Wildman–Crippen LogP) is 3.20. The number of anilines is 1. The van der Waals surface area contributed by atoms with Gasteiger partial charge in [0.2, 0.25) is 0 Å². The molecule has 0 aliphatic heterocycles. The molecule has 2 rings (SSSR count). The number of hydrogen-bond acceptors (Lipinski definition) is 3. The Morgan fingerprint density at radius 1 is 1.25 bits per heavy atom. The second-order valence-electron chi connectivity index (χ2n) is 6.47. The van der Waals surface area contributed by atoms with Gasteiger partial charge in [0, 0.05) is 24.8 Å². The number of nitrogen functional groups attached to an aromatic ring is 1. The van der Waals surface area contributed by atoms with E-state index in [1.165, 1.54) is 25.7 Å². The largest absolute Gasteiger partial charge is 0.399 e. The van der Waals surface area contributed by atoms with Gasteiger partial charge in [0.05, 0.1) is 6.10 Å². The number of benzene rings is 1. The van der Waals surface area contributed by atoms with E-state index < -0.39 is 6.10 Å². The summed E-state index contributed by atoms with van der Waals surface area (Å²) >= 11 is 0. The molecule has 1 aromatic rings. The summed E-state index contributed by atoms with van der Waals surface area (Å²) in [6.45, 7) is 6.26. The van der Waals surface area contributed by atoms with Crippen LogP contribution in [-0.4, -0.2) is 29.1 Å². The molecular formula is C17H28N2O. The molecule has 3 heteroatoms. The van der Waals surface area contributed by atoms with Gasteiger partial charge in [-0.3, -0.25) is 4.90 Å². The highest BCUT2D eigenvalue weighted by molar-refractivity contribution is 5.41. The van der Waals surface area contributed by atoms with Crippen LogP contribution in [0.15, 0.2) is 24.3 Å². The molecule has 0 aromatic heterocycles. The molecule has 0 amide bonds. The van der Waals surface area contributed by atoms with E-state index in [4.69, 9.17) is 5.73 Å². The number of aliphatic hydroxyl groups excluding tert-OH is 1. The maximum Gasteiger partial charge on any atom is 0.0917 e. The van der Waals surface area contributed by atoms with Gasteiger partial charge in [0.15, 0.2) is 0 Å². The quantitative estimate of drug-likeness (QED) is 0.784. The van der Waals surface area contributed by atoms with E-state index in [9.17, 15) is 5.11 Å². The van der Waals surface area contributed by atoms with Crippen molar-refractivity contribution in [3.8, 4) is 0 Å². The van der Waals surface area contributed by atoms with Crippen LogP contribution in [0.4, 0.5) is 5.69 Å². The lowest BCUT2D eigenvalue weighted by Gasteiger charge is -2.32. The highest BCUT2D eigenvalue weighted by atomic mass is 16.3. The summed E-state index contributed by atoms with van der Waals surface area (Å²) < 4.78 is 0. The van der Waals surface area contributed by atoms with Crippen molar-refractivity contribution in [2.75, 3.05) is 18.8 Å². The third-order valence-corrected chi connectivity index (χ3v) is 4.14. The normalized spacial score (nSPS) is 18.1. The zero-order valence-electron chi connectivity index (χ0n) is 12.8. The zero-order valence-corrected chi connectivity index (χ0v) is 12.8. The summed E-state index contributed by atoms with van der Waals surface area (Å²) in [5, 5.41) is 10.5. The monoisotopic (exact) mass is 276 g/mol. The van der Waals surface area contributed by atoms with Crippen molar-refractivity contribution < 1.29 is 5.11 Å². The molecule has 1 aromatic carbocycles. The Labute approximate surface area is 122 Å². The van der Waals surface area contributed by atoms with Crippen molar-refractivity contribution in [2.24, 2.45) is 5.92 Å². The van der Waals surface area contributed by atoms with Crippen LogP contribution in [0.5, 0.6) is 0 Å². The van der Waals surface area contributed by atoms with Crippen LogP contribution in [0, 0.1) is 5.92 Å². The van der Waals surface area contributed by atoms with Gasteiger partial charge in [-0.05, 0) is 36.5 Å². The van der Waals surface area contributed by atoms with Crippen LogP contribution >= 0.6 is 0 Å². The summed E-state index contributed by atoms with van der Waals surface area (Å²) in [5.41, 5.74) is 7.45. The van der Waals surface area contributed by atoms with Crippen molar-refractivity contribution in [1.29, 1.82) is 0 Å². The van der Waals surface area contributed by atoms with Crippen molar-refractivity contribution in [3.63, 3.8) is 0 Å². The van der Waals surface area contributed by atoms with Crippen molar-refractivity contribution in [2.45, 2.75) is 51.7 Å². The van der Waals surface area contributed by atoms with Crippen molar-refractivity contribution in [1.82, 2.24) is 4.90 Å². The van der Waals surface area contributed by atoms with E-state index in [-0.39, 0.29) is 0 Å². The smallest absolute Gasteiger partial charge is 0.0917 e. The van der Waals surface area contributed by atoms with Gasteiger partial charge in [0.25, 0.3) is 0 Å². The number of rotatable bonds is 6. The number of nitrogens with zero attached hydrogens (tertiary/aromatic N) is 1. The van der Waals surface area contributed by atoms with Crippen LogP contribution in [0.25, 0.3) is 0 Å². The summed E-state index contributed by atoms with van der Waals surface area (Å²) in [5.74, 6) is 0.628. The minimum absolute atomic E-state index is 0.446. The SMILES string of the molecule is CC(C)CN(CC(O)c1cccc(N)c1)C1CCCC1. The molecule has 1 atom stereocenters. The van der Waals surface area contributed by atoms with E-state index in [2.05, 4.69) is 18.7 Å². The van der Waals surface area contributed by atoms with Gasteiger partial charge in [-0.2, -0.15) is 0 Å². The predicted molar refractivity (Wildman–Crippen MR) is 84.5 cm³/mol. The molecule has 3 nitrogen and oxygen atoms in total. The molecule has 0 radical (unpaired) electrons. The minimum atomic E-state index is -0.446. The summed E-state index contributed by atoms with van der Waals surface area (Å²) in [6.07, 6.45) is 4.76. The number of hydrogen-bond donors (Lipinski definition) is 2. The van der Waals surface area contributed by atoms with E-state index in [0.29, 0.717) is 18.5 Å². The zero-order chi connectivity index (χ0) is 14.5. The Kier molecular flexibility index (Phi) is 5.44. The molecule has 0 heterocycles. The molecule has 0 saturated heterocycles. The molecule has 1 unspecified atom stereocenters. The Hall–Kier alpha value is -1.06. The fourth-order valence-corrected chi connectivity index (χ4v) is 3.20. The average molecular weight is 276 g/mol. The van der Waals surface area contributed by atoms with E-state index in [0.717, 1.165) is 17.8 Å². The van der Waals surface area contributed by atoms with E-state index >= 15 is 0 Å². The topological polar surface area (TPSA) is 49.5 Å². The Morgan fingerprint density at radius 3 is 2.55 bits per heavy atom. The highest BCUT2D eigenvalue weighted by Gasteiger charge is 2.25. The van der Waals surface area contributed by atoms with Crippen molar-refractivity contribution >= 4 is 5.69 Å². The second-order valence-corrected chi connectivity index (χ2v) is 6.47. The Morgan fingerprint density at radius 2 is 1.95 bits per heavy atom. The maximum absolute atomic E-state index is 10.5. The van der Waals surface area contributed by atoms with Crippen LogP contribution < -0.4 is 5.73 Å². The molecule has 3 N–H and O–H groups in total. The summed E-state index contributed by atoms with van der Waals surface area (Å²) in [6, 6.07) is 8.26. The molecule has 112 valence electrons. The molecular weight excluding hydrogens is 248 g/mol. The molecule has 1 saturated carbocycles. The third-order valence-electron chi connectivity index (χ3n) is 4.14. The maximum atomic E-state index is 10.5. The van der Waals surface area contributed by atoms with Crippen LogP contribution in [-0.2, 0) is 0 Å². The third kappa shape index (κ3) is 4.22. The van der Waals surface area contributed by atoms with Crippen LogP contribution in [0.2, 0.25) is 0 Å². The first kappa shape index (κ1) is 15.3. The Bertz CT molecular complexity index is 413. The van der Waals surface area contributed by atoms with Gasteiger partial charge >= 0.3 is 0 Å². The highest BCUT2D eigenvalue weighted by Crippen LogP contribution is 2.26. The Balaban J connectivity index is 2.02. The van der Waals surface area contributed by atoms with Gasteiger partial charge in [-0.1, -0.05) is 38.8 Å². The number of nitrogens with two attached hydrogens (primary N) is 1. The minimum Gasteiger partial charge on any atom is -0.399 e. The van der Waals surface area contributed by atoms with Gasteiger partial charge in [-0.15, -0.1) is 0 Å². The summed E-state index contributed by atoms with van der Waals surface area (Å²) in [7, 11) is 0. The first-order chi connectivity index (χ1) is 9.56. The standard InChI is InChI=1S/C17H28N2O/c1-13(2)11-19(16-8-3-4-9-16)12-17(20)14-6-5-7-15(18)10-14/h5-7,10,13,16-17,20H,3-4,8-9,11-12,18H2,1-2H3. The summed E-state index contributed by atoms with van der Waals surface area (Å²) in [4.78, 5) is 2.48. The molecule has 1 aliphatic rings. The first-order valence-electron chi connectivity index (χ1n) is 7.84. The fraction of sp³-hybridized carbons (Fsp3) is 0.647. The lowest BCUT2D eigenvalue weighted by molar-refractivity contribution is 0.0796. The molecule has 1 aliphatic carbocycles. The van der Waals surface area contributed by atoms with Crippen LogP contribution in [0.3, 0.4) is 0 Å². The molecule has 20 heavy (non-hydrogen) atoms. The number of aliphatic hydroxyl groups is 1. The van der Waals surface area contributed by atoms with Gasteiger partial charge < -0.3 is 10.8 Å². The van der Waals surface area contributed by atoms with Crippen LogP contribution in [0.1, 0.15) is 51.2 Å². The van der Waals surface area contributed by atoms with Gasteiger partial charge in [0.1, 0.15) is 0 Å². The lowest BCUT2D eigenvalue weighted by atomic mass is 10.1. The molecule has 0 bridgehead atoms. The average Bonchev–Trinajstić information content (AvgIpc) is 2.91. The van der Waals surface area contributed by atoms with Gasteiger partial charge in [-0.25, -0.2) is 0 Å². The first-order valence-corrected chi connectivity index (χ1v) is 7.84. The lowest BCUT2D eigenvalue weighted by Crippen LogP contribution is -2.39. The molecule has 0 spiro atoms. The molecule has 1 fully saturated rings. The van der Waals surface area contributed by atoms with E-state index in [1.807, 2.05) is 24.3 Å². The van der Waals surface area contributed by atoms with Crippen molar-refractivity contribution in [3.05, 3.63) is 29.8 Å².